The van der Waals surface area contributed by atoms with E-state index in [1.807, 2.05) is 73.1 Å². The van der Waals surface area contributed by atoms with Crippen molar-refractivity contribution in [1.82, 2.24) is 19.9 Å². The lowest BCUT2D eigenvalue weighted by Crippen LogP contribution is -2.16. The summed E-state index contributed by atoms with van der Waals surface area (Å²) in [7, 11) is 0. The van der Waals surface area contributed by atoms with Gasteiger partial charge in [0, 0.05) is 47.3 Å². The van der Waals surface area contributed by atoms with Gasteiger partial charge in [-0.25, -0.2) is 9.97 Å². The van der Waals surface area contributed by atoms with E-state index in [-0.39, 0.29) is 0 Å². The van der Waals surface area contributed by atoms with Crippen molar-refractivity contribution in [3.8, 4) is 55.3 Å². The minimum absolute atomic E-state index is 0.790. The Kier molecular flexibility index (Phi) is 7.40. The van der Waals surface area contributed by atoms with Crippen LogP contribution in [0.4, 0.5) is 34.1 Å². The fourth-order valence-electron chi connectivity index (χ4n) is 7.83. The van der Waals surface area contributed by atoms with Gasteiger partial charge in [-0.2, -0.15) is 0 Å². The molecule has 10 heteroatoms. The zero-order valence-corrected chi connectivity index (χ0v) is 32.1. The quantitative estimate of drug-likeness (QED) is 0.171. The van der Waals surface area contributed by atoms with E-state index in [1.54, 1.807) is 35.1 Å². The second-order valence-corrected chi connectivity index (χ2v) is 16.1. The summed E-state index contributed by atoms with van der Waals surface area (Å²) in [6.45, 7) is 0. The third kappa shape index (κ3) is 5.42. The predicted octanol–water partition coefficient (Wildman–Crippen LogP) is 13.8. The summed E-state index contributed by atoms with van der Waals surface area (Å²) in [6, 6.07) is 50.2. The molecule has 0 aliphatic carbocycles. The van der Waals surface area contributed by atoms with Crippen molar-refractivity contribution in [3.05, 3.63) is 170 Å². The minimum Gasteiger partial charge on any atom is -0.453 e. The molecule has 0 fully saturated rings. The molecule has 0 spiro atoms. The van der Waals surface area contributed by atoms with E-state index >= 15 is 0 Å². The summed E-state index contributed by atoms with van der Waals surface area (Å²) in [5.41, 5.74) is 11.7. The van der Waals surface area contributed by atoms with Crippen LogP contribution in [0.5, 0.6) is 23.0 Å². The van der Waals surface area contributed by atoms with E-state index in [0.29, 0.717) is 0 Å². The van der Waals surface area contributed by atoms with Crippen LogP contribution in [-0.2, 0) is 0 Å². The molecule has 12 rings (SSSR count). The van der Waals surface area contributed by atoms with Crippen LogP contribution >= 0.6 is 22.7 Å². The third-order valence-electron chi connectivity index (χ3n) is 10.4. The molecule has 8 nitrogen and oxygen atoms in total. The van der Waals surface area contributed by atoms with Crippen molar-refractivity contribution in [2.75, 3.05) is 9.80 Å². The first-order valence-corrected chi connectivity index (χ1v) is 20.4. The zero-order valence-electron chi connectivity index (χ0n) is 30.5. The van der Waals surface area contributed by atoms with Crippen LogP contribution in [-0.4, -0.2) is 19.9 Å². The molecule has 0 N–H and O–H groups in total. The van der Waals surface area contributed by atoms with Crippen LogP contribution in [0.1, 0.15) is 0 Å². The second kappa shape index (κ2) is 13.1. The molecule has 0 radical (unpaired) electrons. The average molecular weight is 785 g/mol. The van der Waals surface area contributed by atoms with Crippen molar-refractivity contribution >= 4 is 77.2 Å². The van der Waals surface area contributed by atoms with Crippen molar-refractivity contribution < 1.29 is 9.47 Å². The maximum atomic E-state index is 6.44. The van der Waals surface area contributed by atoms with Crippen LogP contribution in [0.2, 0.25) is 0 Å². The molecule has 0 amide bonds. The van der Waals surface area contributed by atoms with Gasteiger partial charge >= 0.3 is 0 Å². The zero-order chi connectivity index (χ0) is 38.2. The van der Waals surface area contributed by atoms with E-state index in [0.717, 1.165) is 110 Å². The molecule has 6 heterocycles. The SMILES string of the molecule is c1ccc2c(c1)Oc1ccccc1N2c1cc(-c2cc(-c3nc4ccncc4s3)cc(N3c4ccccc4Oc4ccccc43)c2)cc(-c2nc3ccncc3s2)c1. The molecule has 2 aliphatic rings. The standard InChI is InChI=1S/C48H28N6O2S2/c1-5-13-41-37(9-1)53(38-10-2-6-14-42(38)55-41)33-23-29(21-31(25-33)47-51-35-17-19-49-27-45(35)57-47)30-22-32(48-52-36-18-20-50-28-46(36)58-48)26-34(24-30)54-39-11-3-7-15-43(39)56-44-16-8-4-12-40(44)54/h1-28H. The number of hydrogen-bond acceptors (Lipinski definition) is 10. The first-order valence-electron chi connectivity index (χ1n) is 18.7. The van der Waals surface area contributed by atoms with E-state index in [9.17, 15) is 0 Å². The summed E-state index contributed by atoms with van der Waals surface area (Å²) < 4.78 is 15.0. The molecule has 0 bridgehead atoms. The van der Waals surface area contributed by atoms with Crippen LogP contribution in [0, 0.1) is 0 Å². The number of rotatable bonds is 5. The maximum Gasteiger partial charge on any atom is 0.151 e. The summed E-state index contributed by atoms with van der Waals surface area (Å²) in [5.74, 6) is 3.16. The number of benzene rings is 6. The van der Waals surface area contributed by atoms with Crippen molar-refractivity contribution in [2.24, 2.45) is 0 Å². The van der Waals surface area contributed by atoms with E-state index in [4.69, 9.17) is 19.4 Å². The second-order valence-electron chi connectivity index (χ2n) is 14.0. The number of ether oxygens (including phenoxy) is 2. The number of thiazole rings is 2. The number of pyridine rings is 2. The van der Waals surface area contributed by atoms with Gasteiger partial charge in [-0.15, -0.1) is 22.7 Å². The highest BCUT2D eigenvalue weighted by Gasteiger charge is 2.29. The molecule has 6 aromatic carbocycles. The largest absolute Gasteiger partial charge is 0.453 e. The molecule has 10 aromatic rings. The number of nitrogens with zero attached hydrogens (tertiary/aromatic N) is 6. The summed E-state index contributed by atoms with van der Waals surface area (Å²) >= 11 is 3.28. The fraction of sp³-hybridized carbons (Fsp3) is 0. The molecule has 58 heavy (non-hydrogen) atoms. The highest BCUT2D eigenvalue weighted by molar-refractivity contribution is 7.22. The third-order valence-corrected chi connectivity index (χ3v) is 12.5. The van der Waals surface area contributed by atoms with Gasteiger partial charge in [-0.05, 0) is 108 Å². The van der Waals surface area contributed by atoms with Crippen LogP contribution in [0.25, 0.3) is 52.7 Å². The Labute approximate surface area is 340 Å². The molecule has 0 saturated heterocycles. The molecule has 0 unspecified atom stereocenters. The van der Waals surface area contributed by atoms with Gasteiger partial charge in [-0.3, -0.25) is 9.97 Å². The number of hydrogen-bond donors (Lipinski definition) is 0. The monoisotopic (exact) mass is 784 g/mol. The molecule has 0 saturated carbocycles. The smallest absolute Gasteiger partial charge is 0.151 e. The Hall–Kier alpha value is -7.40. The Morgan fingerprint density at radius 2 is 0.759 bits per heavy atom. The van der Waals surface area contributed by atoms with Gasteiger partial charge in [-0.1, -0.05) is 48.5 Å². The number of anilines is 6. The minimum atomic E-state index is 0.790. The summed E-state index contributed by atoms with van der Waals surface area (Å²) in [6.07, 6.45) is 7.36. The van der Waals surface area contributed by atoms with E-state index in [1.165, 1.54) is 0 Å². The van der Waals surface area contributed by atoms with Crippen molar-refractivity contribution in [2.45, 2.75) is 0 Å². The molecular formula is C48H28N6O2S2. The van der Waals surface area contributed by atoms with E-state index < -0.39 is 0 Å². The lowest BCUT2D eigenvalue weighted by molar-refractivity contribution is 0.476. The van der Waals surface area contributed by atoms with Gasteiger partial charge in [0.15, 0.2) is 23.0 Å². The first kappa shape index (κ1) is 32.8. The van der Waals surface area contributed by atoms with Crippen LogP contribution < -0.4 is 19.3 Å². The normalized spacial score (nSPS) is 12.7. The van der Waals surface area contributed by atoms with Crippen molar-refractivity contribution in [3.63, 3.8) is 0 Å². The fourth-order valence-corrected chi connectivity index (χ4v) is 9.67. The Morgan fingerprint density at radius 1 is 0.397 bits per heavy atom. The Balaban J connectivity index is 1.13. The van der Waals surface area contributed by atoms with Gasteiger partial charge in [0.25, 0.3) is 0 Å². The maximum absolute atomic E-state index is 6.44. The summed E-state index contributed by atoms with van der Waals surface area (Å²) in [5, 5.41) is 1.82. The van der Waals surface area contributed by atoms with Crippen LogP contribution in [0.15, 0.2) is 170 Å². The van der Waals surface area contributed by atoms with Crippen LogP contribution in [0.3, 0.4) is 0 Å². The van der Waals surface area contributed by atoms with Gasteiger partial charge in [0.1, 0.15) is 10.0 Å². The highest BCUT2D eigenvalue weighted by Crippen LogP contribution is 2.54. The molecule has 274 valence electrons. The first-order chi connectivity index (χ1) is 28.7. The lowest BCUT2D eigenvalue weighted by atomic mass is 9.97. The topological polar surface area (TPSA) is 76.5 Å². The number of aromatic nitrogens is 4. The van der Waals surface area contributed by atoms with Crippen molar-refractivity contribution in [1.29, 1.82) is 0 Å². The molecular weight excluding hydrogens is 757 g/mol. The average Bonchev–Trinajstić information content (AvgIpc) is 3.92. The Bertz CT molecular complexity index is 2880. The molecule has 0 atom stereocenters. The summed E-state index contributed by atoms with van der Waals surface area (Å²) in [4.78, 5) is 23.6. The highest BCUT2D eigenvalue weighted by atomic mass is 32.1. The number of fused-ring (bicyclic) bond motifs is 6. The Morgan fingerprint density at radius 3 is 1.14 bits per heavy atom. The van der Waals surface area contributed by atoms with E-state index in [2.05, 4.69) is 105 Å². The molecule has 4 aromatic heterocycles. The predicted molar refractivity (Wildman–Crippen MR) is 234 cm³/mol. The van der Waals surface area contributed by atoms with Gasteiger partial charge in [0.2, 0.25) is 0 Å². The molecule has 2 aliphatic heterocycles. The van der Waals surface area contributed by atoms with Gasteiger partial charge in [0.05, 0.1) is 43.2 Å². The lowest BCUT2D eigenvalue weighted by Gasteiger charge is -2.34. The number of para-hydroxylation sites is 8. The van der Waals surface area contributed by atoms with Gasteiger partial charge < -0.3 is 19.3 Å².